The number of ether oxygens (including phenoxy) is 2. The molecule has 2 aromatic heterocycles. The summed E-state index contributed by atoms with van der Waals surface area (Å²) < 4.78 is 11.9. The number of hydrogen-bond donors (Lipinski definition) is 1. The Labute approximate surface area is 137 Å². The second-order valence-corrected chi connectivity index (χ2v) is 6.14. The molecule has 0 aliphatic carbocycles. The largest absolute Gasteiger partial charge is 0.384 e. The van der Waals surface area contributed by atoms with E-state index in [2.05, 4.69) is 4.98 Å². The first kappa shape index (κ1) is 16.0. The Bertz CT molecular complexity index is 872. The monoisotopic (exact) mass is 333 g/mol. The highest BCUT2D eigenvalue weighted by Crippen LogP contribution is 2.24. The molecule has 122 valence electrons. The molecular formula is C16H19N3O3S. The van der Waals surface area contributed by atoms with Gasteiger partial charge >= 0.3 is 0 Å². The predicted molar refractivity (Wildman–Crippen MR) is 92.3 cm³/mol. The van der Waals surface area contributed by atoms with Gasteiger partial charge in [0.25, 0.3) is 5.56 Å². The van der Waals surface area contributed by atoms with Gasteiger partial charge < -0.3 is 14.5 Å². The van der Waals surface area contributed by atoms with E-state index in [0.29, 0.717) is 30.4 Å². The molecule has 0 unspecified atom stereocenters. The Morgan fingerprint density at radius 2 is 2.00 bits per heavy atom. The minimum atomic E-state index is -0.0665. The number of fused-ring (bicyclic) bond motifs is 3. The van der Waals surface area contributed by atoms with Crippen LogP contribution in [-0.2, 0) is 16.0 Å². The number of nitrogens with one attached hydrogen (secondary N) is 1. The Balaban J connectivity index is 2.16. The maximum Gasteiger partial charge on any atom is 0.278 e. The van der Waals surface area contributed by atoms with E-state index in [1.165, 1.54) is 11.8 Å². The summed E-state index contributed by atoms with van der Waals surface area (Å²) in [6, 6.07) is 7.82. The first-order valence-electron chi connectivity index (χ1n) is 7.38. The van der Waals surface area contributed by atoms with Gasteiger partial charge in [-0.25, -0.2) is 4.98 Å². The lowest BCUT2D eigenvalue weighted by Gasteiger charge is -2.11. The van der Waals surface area contributed by atoms with Gasteiger partial charge in [0.15, 0.2) is 5.16 Å². The van der Waals surface area contributed by atoms with Gasteiger partial charge in [-0.1, -0.05) is 30.0 Å². The molecule has 0 saturated heterocycles. The minimum Gasteiger partial charge on any atom is -0.384 e. The Hall–Kier alpha value is -1.83. The highest BCUT2D eigenvalue weighted by molar-refractivity contribution is 7.99. The number of methoxy groups -OCH3 is 2. The van der Waals surface area contributed by atoms with Gasteiger partial charge in [-0.2, -0.15) is 0 Å². The number of nitrogens with zero attached hydrogens (tertiary/aromatic N) is 2. The van der Waals surface area contributed by atoms with Crippen LogP contribution >= 0.6 is 11.8 Å². The second-order valence-electron chi connectivity index (χ2n) is 5.08. The van der Waals surface area contributed by atoms with Crippen LogP contribution in [0.4, 0.5) is 0 Å². The molecule has 1 aromatic carbocycles. The van der Waals surface area contributed by atoms with E-state index in [4.69, 9.17) is 14.5 Å². The zero-order valence-electron chi connectivity index (χ0n) is 13.2. The van der Waals surface area contributed by atoms with Crippen molar-refractivity contribution in [3.8, 4) is 0 Å². The van der Waals surface area contributed by atoms with E-state index in [1.807, 2.05) is 24.3 Å². The lowest BCUT2D eigenvalue weighted by atomic mass is 10.2. The van der Waals surface area contributed by atoms with Crippen LogP contribution in [-0.4, -0.2) is 47.7 Å². The van der Waals surface area contributed by atoms with Gasteiger partial charge in [0.05, 0.1) is 19.8 Å². The molecule has 0 atom stereocenters. The molecule has 0 aliphatic rings. The number of rotatable bonds is 7. The molecule has 23 heavy (non-hydrogen) atoms. The fourth-order valence-electron chi connectivity index (χ4n) is 2.48. The van der Waals surface area contributed by atoms with E-state index in [0.717, 1.165) is 22.2 Å². The lowest BCUT2D eigenvalue weighted by molar-refractivity contribution is 0.183. The number of aromatic nitrogens is 3. The third kappa shape index (κ3) is 3.12. The van der Waals surface area contributed by atoms with Gasteiger partial charge in [0, 0.05) is 30.9 Å². The molecule has 0 amide bonds. The maximum atomic E-state index is 12.8. The van der Waals surface area contributed by atoms with E-state index >= 15 is 0 Å². The average molecular weight is 333 g/mol. The first-order chi connectivity index (χ1) is 11.3. The summed E-state index contributed by atoms with van der Waals surface area (Å²) in [6.07, 6.45) is 0. The van der Waals surface area contributed by atoms with Crippen molar-refractivity contribution in [3.05, 3.63) is 34.6 Å². The van der Waals surface area contributed by atoms with Crippen molar-refractivity contribution in [2.75, 3.05) is 33.2 Å². The van der Waals surface area contributed by atoms with Crippen molar-refractivity contribution in [2.45, 2.75) is 11.7 Å². The van der Waals surface area contributed by atoms with Crippen molar-refractivity contribution in [2.24, 2.45) is 0 Å². The van der Waals surface area contributed by atoms with Crippen molar-refractivity contribution >= 4 is 33.7 Å². The Morgan fingerprint density at radius 1 is 1.22 bits per heavy atom. The number of aromatic amines is 1. The highest BCUT2D eigenvalue weighted by atomic mass is 32.2. The van der Waals surface area contributed by atoms with Crippen LogP contribution < -0.4 is 5.56 Å². The zero-order chi connectivity index (χ0) is 16.2. The lowest BCUT2D eigenvalue weighted by Crippen LogP contribution is -2.25. The zero-order valence-corrected chi connectivity index (χ0v) is 14.0. The summed E-state index contributed by atoms with van der Waals surface area (Å²) in [5.41, 5.74) is 2.12. The summed E-state index contributed by atoms with van der Waals surface area (Å²) in [6.45, 7) is 1.55. The molecule has 1 N–H and O–H groups in total. The molecule has 0 spiro atoms. The fourth-order valence-corrected chi connectivity index (χ4v) is 3.40. The summed E-state index contributed by atoms with van der Waals surface area (Å²) in [5.74, 6) is 0.740. The molecule has 0 saturated carbocycles. The molecule has 3 rings (SSSR count). The van der Waals surface area contributed by atoms with Crippen molar-refractivity contribution < 1.29 is 9.47 Å². The van der Waals surface area contributed by atoms with E-state index in [1.54, 1.807) is 18.8 Å². The summed E-state index contributed by atoms with van der Waals surface area (Å²) in [7, 11) is 3.28. The molecule has 0 aliphatic heterocycles. The first-order valence-corrected chi connectivity index (χ1v) is 8.36. The smallest absolute Gasteiger partial charge is 0.278 e. The van der Waals surface area contributed by atoms with Crippen LogP contribution in [0, 0.1) is 0 Å². The molecule has 0 bridgehead atoms. The molecule has 2 heterocycles. The van der Waals surface area contributed by atoms with Crippen LogP contribution in [0.1, 0.15) is 0 Å². The van der Waals surface area contributed by atoms with Crippen molar-refractivity contribution in [3.63, 3.8) is 0 Å². The summed E-state index contributed by atoms with van der Waals surface area (Å²) in [4.78, 5) is 20.8. The molecule has 7 heteroatoms. The number of benzene rings is 1. The highest BCUT2D eigenvalue weighted by Gasteiger charge is 2.15. The van der Waals surface area contributed by atoms with Crippen LogP contribution in [0.5, 0.6) is 0 Å². The number of para-hydroxylation sites is 1. The quantitative estimate of drug-likeness (QED) is 0.408. The van der Waals surface area contributed by atoms with Crippen molar-refractivity contribution in [1.82, 2.24) is 14.5 Å². The van der Waals surface area contributed by atoms with Crippen LogP contribution in [0.15, 0.2) is 34.2 Å². The summed E-state index contributed by atoms with van der Waals surface area (Å²) >= 11 is 1.52. The van der Waals surface area contributed by atoms with E-state index in [-0.39, 0.29) is 5.56 Å². The van der Waals surface area contributed by atoms with Gasteiger partial charge in [-0.15, -0.1) is 0 Å². The number of H-pyrrole nitrogens is 1. The van der Waals surface area contributed by atoms with Crippen LogP contribution in [0.25, 0.3) is 21.9 Å². The molecule has 0 radical (unpaired) electrons. The standard InChI is InChI=1S/C16H19N3O3S/c1-21-8-7-19-15(20)14-13(18-16(19)23-10-9-22-2)11-5-3-4-6-12(11)17-14/h3-6,17H,7-10H2,1-2H3. The third-order valence-electron chi connectivity index (χ3n) is 3.61. The molecule has 6 nitrogen and oxygen atoms in total. The normalized spacial score (nSPS) is 11.6. The van der Waals surface area contributed by atoms with Gasteiger partial charge in [0.2, 0.25) is 0 Å². The summed E-state index contributed by atoms with van der Waals surface area (Å²) in [5, 5.41) is 1.66. The minimum absolute atomic E-state index is 0.0665. The second kappa shape index (κ2) is 7.16. The third-order valence-corrected chi connectivity index (χ3v) is 4.55. The average Bonchev–Trinajstić information content (AvgIpc) is 2.94. The van der Waals surface area contributed by atoms with E-state index < -0.39 is 0 Å². The van der Waals surface area contributed by atoms with Gasteiger partial charge in [0.1, 0.15) is 11.0 Å². The molecule has 0 fully saturated rings. The van der Waals surface area contributed by atoms with Crippen molar-refractivity contribution in [1.29, 1.82) is 0 Å². The van der Waals surface area contributed by atoms with E-state index in [9.17, 15) is 4.79 Å². The Morgan fingerprint density at radius 3 is 2.78 bits per heavy atom. The Kier molecular flexibility index (Phi) is 5.00. The molecular weight excluding hydrogens is 314 g/mol. The fraction of sp³-hybridized carbons (Fsp3) is 0.375. The van der Waals surface area contributed by atoms with Gasteiger partial charge in [-0.05, 0) is 6.07 Å². The topological polar surface area (TPSA) is 69.1 Å². The van der Waals surface area contributed by atoms with Crippen LogP contribution in [0.3, 0.4) is 0 Å². The number of hydrogen-bond acceptors (Lipinski definition) is 5. The number of thioether (sulfide) groups is 1. The van der Waals surface area contributed by atoms with Crippen LogP contribution in [0.2, 0.25) is 0 Å². The maximum absolute atomic E-state index is 12.8. The SMILES string of the molecule is COCCSc1nc2c([nH]c3ccccc32)c(=O)n1CCOC. The van der Waals surface area contributed by atoms with Gasteiger partial charge in [-0.3, -0.25) is 9.36 Å². The predicted octanol–water partition coefficient (Wildman–Crippen LogP) is 2.26. The molecule has 3 aromatic rings.